The lowest BCUT2D eigenvalue weighted by atomic mass is 9.74. The average Bonchev–Trinajstić information content (AvgIpc) is 3.09. The molecule has 4 heterocycles. The average molecular weight is 488 g/mol. The number of ether oxygens (including phenoxy) is 1. The number of hydrogen-bond acceptors (Lipinski definition) is 5. The van der Waals surface area contributed by atoms with Gasteiger partial charge in [-0.1, -0.05) is 51.5 Å². The standard InChI is InChI=1S/C27H41N3O5/c1-6-11-18(4)29-16-10-13-27-21(24(33)30(19(8-3)17-31)22(27)25(29)34)20-23(32)28(14-7-2)15-9-12-26(20,5)35-27/h9-10,12-13,18-22,31H,6-8,11,14-17H2,1-5H3/t18?,19-,20-,21-,22?,26+,27-/m0/s1. The maximum absolute atomic E-state index is 14.2. The van der Waals surface area contributed by atoms with Crippen molar-refractivity contribution in [3.63, 3.8) is 0 Å². The van der Waals surface area contributed by atoms with E-state index in [9.17, 15) is 19.5 Å². The van der Waals surface area contributed by atoms with Crippen LogP contribution in [0.2, 0.25) is 0 Å². The van der Waals surface area contributed by atoms with Gasteiger partial charge in [0.2, 0.25) is 17.7 Å². The summed E-state index contributed by atoms with van der Waals surface area (Å²) in [5, 5.41) is 10.2. The van der Waals surface area contributed by atoms with Gasteiger partial charge >= 0.3 is 0 Å². The molecule has 4 aliphatic heterocycles. The lowest BCUT2D eigenvalue weighted by Gasteiger charge is -2.41. The van der Waals surface area contributed by atoms with Gasteiger partial charge in [0.25, 0.3) is 0 Å². The van der Waals surface area contributed by atoms with Crippen LogP contribution in [0.1, 0.15) is 60.3 Å². The molecule has 0 aromatic heterocycles. The van der Waals surface area contributed by atoms with Gasteiger partial charge in [-0.05, 0) is 33.1 Å². The van der Waals surface area contributed by atoms with Crippen molar-refractivity contribution in [2.24, 2.45) is 11.8 Å². The Bertz CT molecular complexity index is 914. The molecular formula is C27H41N3O5. The van der Waals surface area contributed by atoms with Crippen molar-refractivity contribution in [3.8, 4) is 0 Å². The van der Waals surface area contributed by atoms with Gasteiger partial charge in [-0.2, -0.15) is 0 Å². The first kappa shape index (κ1) is 25.9. The predicted octanol–water partition coefficient (Wildman–Crippen LogP) is 2.12. The molecule has 0 aliphatic carbocycles. The molecule has 8 heteroatoms. The molecule has 0 aromatic rings. The number of carbonyl (C=O) groups excluding carboxylic acids is 3. The number of aliphatic hydroxyl groups is 1. The minimum atomic E-state index is -1.26. The summed E-state index contributed by atoms with van der Waals surface area (Å²) >= 11 is 0. The van der Waals surface area contributed by atoms with E-state index in [1.54, 1.807) is 9.80 Å². The van der Waals surface area contributed by atoms with E-state index in [0.29, 0.717) is 26.1 Å². The molecule has 35 heavy (non-hydrogen) atoms. The molecule has 4 rings (SSSR count). The van der Waals surface area contributed by atoms with E-state index in [1.807, 2.05) is 56.9 Å². The van der Waals surface area contributed by atoms with Gasteiger partial charge in [0.1, 0.15) is 11.6 Å². The van der Waals surface area contributed by atoms with Gasteiger partial charge < -0.3 is 24.5 Å². The van der Waals surface area contributed by atoms with Gasteiger partial charge in [-0.3, -0.25) is 14.4 Å². The van der Waals surface area contributed by atoms with Crippen LogP contribution in [0.3, 0.4) is 0 Å². The number of carbonyl (C=O) groups is 3. The Hall–Kier alpha value is -2.19. The Balaban J connectivity index is 1.87. The molecule has 2 unspecified atom stereocenters. The molecule has 0 radical (unpaired) electrons. The minimum absolute atomic E-state index is 0.00143. The van der Waals surface area contributed by atoms with E-state index in [4.69, 9.17) is 4.74 Å². The number of amides is 3. The van der Waals surface area contributed by atoms with Crippen molar-refractivity contribution in [1.29, 1.82) is 0 Å². The molecule has 0 aromatic carbocycles. The molecule has 7 atom stereocenters. The molecular weight excluding hydrogens is 446 g/mol. The second-order valence-electron chi connectivity index (χ2n) is 10.7. The highest BCUT2D eigenvalue weighted by atomic mass is 16.5. The number of aliphatic hydroxyl groups excluding tert-OH is 1. The zero-order chi connectivity index (χ0) is 25.5. The van der Waals surface area contributed by atoms with Crippen molar-refractivity contribution in [2.45, 2.75) is 89.6 Å². The Kier molecular flexibility index (Phi) is 7.17. The van der Waals surface area contributed by atoms with Gasteiger partial charge in [0, 0.05) is 25.7 Å². The zero-order valence-electron chi connectivity index (χ0n) is 21.8. The molecule has 2 saturated heterocycles. The predicted molar refractivity (Wildman–Crippen MR) is 132 cm³/mol. The van der Waals surface area contributed by atoms with Crippen LogP contribution < -0.4 is 0 Å². The molecule has 1 spiro atoms. The fourth-order valence-corrected chi connectivity index (χ4v) is 6.78. The van der Waals surface area contributed by atoms with Crippen LogP contribution in [-0.4, -0.2) is 93.1 Å². The number of nitrogens with zero attached hydrogens (tertiary/aromatic N) is 3. The number of fused-ring (bicyclic) bond motifs is 2. The summed E-state index contributed by atoms with van der Waals surface area (Å²) < 4.78 is 6.81. The van der Waals surface area contributed by atoms with E-state index >= 15 is 0 Å². The summed E-state index contributed by atoms with van der Waals surface area (Å²) in [6, 6.07) is -1.44. The second-order valence-corrected chi connectivity index (χ2v) is 10.7. The van der Waals surface area contributed by atoms with E-state index in [0.717, 1.165) is 19.3 Å². The van der Waals surface area contributed by atoms with Crippen LogP contribution in [-0.2, 0) is 19.1 Å². The van der Waals surface area contributed by atoms with Crippen LogP contribution in [0.5, 0.6) is 0 Å². The monoisotopic (exact) mass is 487 g/mol. The van der Waals surface area contributed by atoms with Crippen molar-refractivity contribution >= 4 is 17.7 Å². The third-order valence-electron chi connectivity index (χ3n) is 8.42. The van der Waals surface area contributed by atoms with E-state index < -0.39 is 35.1 Å². The Labute approximate surface area is 208 Å². The molecule has 4 aliphatic rings. The van der Waals surface area contributed by atoms with Crippen molar-refractivity contribution in [1.82, 2.24) is 14.7 Å². The fraction of sp³-hybridized carbons (Fsp3) is 0.741. The van der Waals surface area contributed by atoms with E-state index in [1.165, 1.54) is 0 Å². The summed E-state index contributed by atoms with van der Waals surface area (Å²) in [6.07, 6.45) is 10.8. The highest BCUT2D eigenvalue weighted by Crippen LogP contribution is 2.58. The fourth-order valence-electron chi connectivity index (χ4n) is 6.78. The third-order valence-corrected chi connectivity index (χ3v) is 8.42. The van der Waals surface area contributed by atoms with Gasteiger partial charge in [-0.25, -0.2) is 0 Å². The molecule has 3 amide bonds. The Morgan fingerprint density at radius 1 is 1.03 bits per heavy atom. The second kappa shape index (κ2) is 9.69. The van der Waals surface area contributed by atoms with Crippen molar-refractivity contribution in [2.75, 3.05) is 26.2 Å². The zero-order valence-corrected chi connectivity index (χ0v) is 21.8. The highest BCUT2D eigenvalue weighted by Gasteiger charge is 2.75. The topological polar surface area (TPSA) is 90.4 Å². The maximum atomic E-state index is 14.2. The first-order valence-electron chi connectivity index (χ1n) is 13.3. The van der Waals surface area contributed by atoms with Crippen LogP contribution in [0, 0.1) is 11.8 Å². The first-order valence-corrected chi connectivity index (χ1v) is 13.3. The molecule has 2 fully saturated rings. The quantitative estimate of drug-likeness (QED) is 0.530. The van der Waals surface area contributed by atoms with E-state index in [-0.39, 0.29) is 30.4 Å². The van der Waals surface area contributed by atoms with Crippen LogP contribution in [0.25, 0.3) is 0 Å². The summed E-state index contributed by atoms with van der Waals surface area (Å²) in [4.78, 5) is 47.5. The lowest BCUT2D eigenvalue weighted by Crippen LogP contribution is -2.59. The maximum Gasteiger partial charge on any atom is 0.249 e. The molecule has 8 nitrogen and oxygen atoms in total. The SMILES string of the molecule is CCCC(C)N1CC=C[C@]23O[C@]4(C)C=CCN(CCC)C(=O)[C@@H]4[C@H]2C(=O)N([C@@H](CC)CO)C3C1=O. The number of rotatable bonds is 8. The van der Waals surface area contributed by atoms with Gasteiger partial charge in [0.15, 0.2) is 0 Å². The molecule has 0 saturated carbocycles. The summed E-state index contributed by atoms with van der Waals surface area (Å²) in [6.45, 7) is 11.2. The number of hydrogen-bond donors (Lipinski definition) is 1. The lowest BCUT2D eigenvalue weighted by molar-refractivity contribution is -0.156. The van der Waals surface area contributed by atoms with E-state index in [2.05, 4.69) is 6.92 Å². The summed E-state index contributed by atoms with van der Waals surface area (Å²) in [7, 11) is 0. The normalized spacial score (nSPS) is 36.1. The number of likely N-dealkylation sites (tertiary alicyclic amines) is 1. The largest absolute Gasteiger partial charge is 0.394 e. The van der Waals surface area contributed by atoms with Gasteiger partial charge in [0.05, 0.1) is 30.1 Å². The van der Waals surface area contributed by atoms with Gasteiger partial charge in [-0.15, -0.1) is 0 Å². The smallest absolute Gasteiger partial charge is 0.249 e. The Morgan fingerprint density at radius 3 is 2.37 bits per heavy atom. The Morgan fingerprint density at radius 2 is 1.74 bits per heavy atom. The summed E-state index contributed by atoms with van der Waals surface area (Å²) in [5.74, 6) is -2.10. The molecule has 1 N–H and O–H groups in total. The highest BCUT2D eigenvalue weighted by molar-refractivity contribution is 6.00. The van der Waals surface area contributed by atoms with Crippen LogP contribution in [0.15, 0.2) is 24.3 Å². The summed E-state index contributed by atoms with van der Waals surface area (Å²) in [5.41, 5.74) is -2.26. The first-order chi connectivity index (χ1) is 16.7. The molecule has 194 valence electrons. The van der Waals surface area contributed by atoms with Crippen LogP contribution in [0.4, 0.5) is 0 Å². The van der Waals surface area contributed by atoms with Crippen LogP contribution >= 0.6 is 0 Å². The minimum Gasteiger partial charge on any atom is -0.394 e. The molecule has 0 bridgehead atoms. The van der Waals surface area contributed by atoms with Crippen molar-refractivity contribution in [3.05, 3.63) is 24.3 Å². The van der Waals surface area contributed by atoms with Crippen molar-refractivity contribution < 1.29 is 24.2 Å². The third kappa shape index (κ3) is 3.84.